The van der Waals surface area contributed by atoms with E-state index in [-0.39, 0.29) is 23.9 Å². The van der Waals surface area contributed by atoms with Crippen molar-refractivity contribution in [3.8, 4) is 0 Å². The molecule has 3 nitrogen and oxygen atoms in total. The number of aliphatic hydroxyl groups excluding tert-OH is 1. The first-order chi connectivity index (χ1) is 10.4. The number of amides is 1. The average molecular weight is 313 g/mol. The fraction of sp³-hybridized carbons (Fsp3) is 0.562. The van der Waals surface area contributed by atoms with Gasteiger partial charge in [-0.15, -0.1) is 0 Å². The van der Waals surface area contributed by atoms with Crippen molar-refractivity contribution in [1.29, 1.82) is 0 Å². The lowest BCUT2D eigenvalue weighted by Gasteiger charge is -2.15. The van der Waals surface area contributed by atoms with E-state index in [9.17, 15) is 23.1 Å². The van der Waals surface area contributed by atoms with Crippen LogP contribution in [-0.4, -0.2) is 17.6 Å². The van der Waals surface area contributed by atoms with E-state index in [2.05, 4.69) is 5.32 Å². The summed E-state index contributed by atoms with van der Waals surface area (Å²) in [6, 6.07) is 4.56. The fourth-order valence-corrected chi connectivity index (χ4v) is 3.57. The third-order valence-electron chi connectivity index (χ3n) is 4.78. The quantitative estimate of drug-likeness (QED) is 0.898. The maximum Gasteiger partial charge on any atom is 0.416 e. The lowest BCUT2D eigenvalue weighted by Crippen LogP contribution is -2.30. The van der Waals surface area contributed by atoms with Gasteiger partial charge in [0.25, 0.3) is 0 Å². The Morgan fingerprint density at radius 2 is 2.00 bits per heavy atom. The minimum absolute atomic E-state index is 0.0439. The van der Waals surface area contributed by atoms with Crippen LogP contribution in [0.1, 0.15) is 36.5 Å². The molecule has 0 aromatic heterocycles. The van der Waals surface area contributed by atoms with Crippen LogP contribution in [0.15, 0.2) is 24.3 Å². The maximum atomic E-state index is 12.6. The summed E-state index contributed by atoms with van der Waals surface area (Å²) in [6.07, 6.45) is -2.24. The normalized spacial score (nSPS) is 28.1. The highest BCUT2D eigenvalue weighted by molar-refractivity contribution is 5.82. The van der Waals surface area contributed by atoms with Crippen molar-refractivity contribution in [1.82, 2.24) is 5.32 Å². The zero-order chi connectivity index (χ0) is 15.9. The molecule has 22 heavy (non-hydrogen) atoms. The first-order valence-electron chi connectivity index (χ1n) is 7.51. The molecule has 1 aromatic rings. The number of rotatable bonds is 4. The van der Waals surface area contributed by atoms with E-state index in [0.29, 0.717) is 11.8 Å². The van der Waals surface area contributed by atoms with Gasteiger partial charge in [0.1, 0.15) is 0 Å². The first kappa shape index (κ1) is 15.3. The van der Waals surface area contributed by atoms with Gasteiger partial charge in [0.05, 0.1) is 11.7 Å². The predicted molar refractivity (Wildman–Crippen MR) is 73.7 cm³/mol. The van der Waals surface area contributed by atoms with E-state index in [0.717, 1.165) is 25.0 Å². The predicted octanol–water partition coefficient (Wildman–Crippen LogP) is 2.90. The summed E-state index contributed by atoms with van der Waals surface area (Å²) in [7, 11) is 0. The summed E-state index contributed by atoms with van der Waals surface area (Å²) < 4.78 is 37.9. The number of benzene rings is 1. The zero-order valence-electron chi connectivity index (χ0n) is 11.9. The topological polar surface area (TPSA) is 49.3 Å². The number of carbonyl (C=O) groups is 1. The summed E-state index contributed by atoms with van der Waals surface area (Å²) in [6.45, 7) is -0.0594. The van der Waals surface area contributed by atoms with Gasteiger partial charge in [-0.2, -0.15) is 13.2 Å². The molecule has 0 saturated heterocycles. The lowest BCUT2D eigenvalue weighted by molar-refractivity contribution is -0.137. The highest BCUT2D eigenvalue weighted by Gasteiger charge is 2.56. The van der Waals surface area contributed by atoms with Crippen molar-refractivity contribution in [2.24, 2.45) is 17.8 Å². The molecule has 1 amide bonds. The third-order valence-corrected chi connectivity index (χ3v) is 4.78. The maximum absolute atomic E-state index is 12.6. The van der Waals surface area contributed by atoms with Crippen molar-refractivity contribution < 1.29 is 23.1 Å². The number of nitrogens with one attached hydrogen (secondary N) is 1. The van der Waals surface area contributed by atoms with E-state index >= 15 is 0 Å². The summed E-state index contributed by atoms with van der Waals surface area (Å²) >= 11 is 0. The van der Waals surface area contributed by atoms with Crippen LogP contribution in [0.25, 0.3) is 0 Å². The van der Waals surface area contributed by atoms with E-state index in [4.69, 9.17) is 0 Å². The molecule has 0 heterocycles. The number of alkyl halides is 3. The van der Waals surface area contributed by atoms with Gasteiger partial charge in [-0.05, 0) is 42.4 Å². The second kappa shape index (κ2) is 5.57. The van der Waals surface area contributed by atoms with Crippen LogP contribution in [0, 0.1) is 17.8 Å². The van der Waals surface area contributed by atoms with Crippen LogP contribution in [0.3, 0.4) is 0 Å². The summed E-state index contributed by atoms with van der Waals surface area (Å²) in [5.74, 6) is 0.916. The average Bonchev–Trinajstić information content (AvgIpc) is 2.96. The highest BCUT2D eigenvalue weighted by Crippen LogP contribution is 2.57. The molecule has 0 unspecified atom stereocenters. The Balaban J connectivity index is 1.56. The molecule has 2 aliphatic carbocycles. The van der Waals surface area contributed by atoms with Crippen LogP contribution in [0.4, 0.5) is 13.2 Å². The number of aliphatic hydroxyl groups is 1. The van der Waals surface area contributed by atoms with Gasteiger partial charge in [-0.25, -0.2) is 0 Å². The van der Waals surface area contributed by atoms with Crippen LogP contribution in [0.2, 0.25) is 0 Å². The van der Waals surface area contributed by atoms with Crippen LogP contribution in [0.5, 0.6) is 0 Å². The molecule has 3 atom stereocenters. The Bertz CT molecular complexity index is 563. The highest BCUT2D eigenvalue weighted by atomic mass is 19.4. The molecule has 120 valence electrons. The second-order valence-corrected chi connectivity index (χ2v) is 6.17. The van der Waals surface area contributed by atoms with E-state index in [1.165, 1.54) is 18.6 Å². The minimum atomic E-state index is -4.44. The lowest BCUT2D eigenvalue weighted by atomic mass is 10.1. The van der Waals surface area contributed by atoms with Gasteiger partial charge in [0.2, 0.25) is 5.91 Å². The van der Waals surface area contributed by atoms with Crippen molar-refractivity contribution in [2.45, 2.75) is 31.5 Å². The Kier molecular flexibility index (Phi) is 3.89. The molecule has 1 aromatic carbocycles. The van der Waals surface area contributed by atoms with Gasteiger partial charge < -0.3 is 10.4 Å². The molecular weight excluding hydrogens is 295 g/mol. The van der Waals surface area contributed by atoms with Gasteiger partial charge in [-0.3, -0.25) is 4.79 Å². The van der Waals surface area contributed by atoms with Gasteiger partial charge in [0, 0.05) is 12.5 Å². The molecule has 2 fully saturated rings. The van der Waals surface area contributed by atoms with Crippen LogP contribution in [-0.2, 0) is 11.0 Å². The monoisotopic (exact) mass is 313 g/mol. The van der Waals surface area contributed by atoms with Crippen molar-refractivity contribution in [2.75, 3.05) is 6.54 Å². The van der Waals surface area contributed by atoms with Crippen molar-refractivity contribution in [3.05, 3.63) is 35.4 Å². The number of hydrogen-bond donors (Lipinski definition) is 2. The largest absolute Gasteiger partial charge is 0.416 e. The smallest absolute Gasteiger partial charge is 0.387 e. The van der Waals surface area contributed by atoms with Gasteiger partial charge in [0.15, 0.2) is 0 Å². The number of fused-ring (bicyclic) bond motifs is 1. The molecule has 0 aliphatic heterocycles. The number of halogens is 3. The van der Waals surface area contributed by atoms with Gasteiger partial charge >= 0.3 is 6.18 Å². The minimum Gasteiger partial charge on any atom is -0.387 e. The standard InChI is InChI=1S/C16H18F3NO2/c17-16(18,19)10-4-1-3-9(7-10)13(21)8-20-15(22)14-11-5-2-6-12(11)14/h1,3-4,7,11-14,21H,2,5-6,8H2,(H,20,22)/t11-,12-,13+/m1/s1. The van der Waals surface area contributed by atoms with Crippen molar-refractivity contribution in [3.63, 3.8) is 0 Å². The molecule has 2 aliphatic rings. The fourth-order valence-electron chi connectivity index (χ4n) is 3.57. The summed E-state index contributed by atoms with van der Waals surface area (Å²) in [5.41, 5.74) is -0.641. The van der Waals surface area contributed by atoms with Crippen molar-refractivity contribution >= 4 is 5.91 Å². The Morgan fingerprint density at radius 1 is 1.32 bits per heavy atom. The van der Waals surface area contributed by atoms with E-state index in [1.54, 1.807) is 0 Å². The molecule has 0 bridgehead atoms. The molecule has 2 saturated carbocycles. The first-order valence-corrected chi connectivity index (χ1v) is 7.51. The summed E-state index contributed by atoms with van der Waals surface area (Å²) in [5, 5.41) is 12.6. The Labute approximate surface area is 126 Å². The van der Waals surface area contributed by atoms with E-state index in [1.807, 2.05) is 0 Å². The van der Waals surface area contributed by atoms with Crippen LogP contribution < -0.4 is 5.32 Å². The Hall–Kier alpha value is -1.56. The number of carbonyl (C=O) groups excluding carboxylic acids is 1. The molecule has 0 radical (unpaired) electrons. The second-order valence-electron chi connectivity index (χ2n) is 6.17. The van der Waals surface area contributed by atoms with Gasteiger partial charge in [-0.1, -0.05) is 18.6 Å². The van der Waals surface area contributed by atoms with E-state index < -0.39 is 17.8 Å². The van der Waals surface area contributed by atoms with Crippen LogP contribution >= 0.6 is 0 Å². The molecule has 3 rings (SSSR count). The zero-order valence-corrected chi connectivity index (χ0v) is 11.9. The molecular formula is C16H18F3NO2. The molecule has 0 spiro atoms. The SMILES string of the molecule is O=C(NC[C@H](O)c1cccc(C(F)(F)F)c1)C1[C@@H]2CCC[C@@H]12. The Morgan fingerprint density at radius 3 is 2.64 bits per heavy atom. The molecule has 6 heteroatoms. The number of hydrogen-bond acceptors (Lipinski definition) is 2. The third kappa shape index (κ3) is 2.97. The molecule has 2 N–H and O–H groups in total. The summed E-state index contributed by atoms with van der Waals surface area (Å²) in [4.78, 5) is 12.0.